The minimum atomic E-state index is -0.709. The Morgan fingerprint density at radius 2 is 1.96 bits per heavy atom. The van der Waals surface area contributed by atoms with E-state index < -0.39 is 6.10 Å². The van der Waals surface area contributed by atoms with Crippen molar-refractivity contribution in [1.82, 2.24) is 5.32 Å². The van der Waals surface area contributed by atoms with Gasteiger partial charge in [-0.3, -0.25) is 4.79 Å². The Morgan fingerprint density at radius 1 is 1.22 bits per heavy atom. The molecule has 1 amide bonds. The van der Waals surface area contributed by atoms with Crippen LogP contribution in [0.5, 0.6) is 11.5 Å². The van der Waals surface area contributed by atoms with Crippen LogP contribution in [0.25, 0.3) is 0 Å². The molecule has 2 rings (SSSR count). The number of aliphatic hydroxyl groups is 1. The number of thiophene rings is 1. The summed E-state index contributed by atoms with van der Waals surface area (Å²) in [7, 11) is 0. The zero-order chi connectivity index (χ0) is 16.7. The van der Waals surface area contributed by atoms with Gasteiger partial charge in [0.15, 0.2) is 11.5 Å². The van der Waals surface area contributed by atoms with Gasteiger partial charge in [-0.15, -0.1) is 0 Å². The molecule has 6 heteroatoms. The van der Waals surface area contributed by atoms with Gasteiger partial charge in [-0.05, 0) is 54.4 Å². The van der Waals surface area contributed by atoms with Crippen molar-refractivity contribution in [3.8, 4) is 11.5 Å². The predicted octanol–water partition coefficient (Wildman–Crippen LogP) is 3.01. The molecule has 2 aromatic rings. The van der Waals surface area contributed by atoms with Crippen molar-refractivity contribution in [2.45, 2.75) is 20.0 Å². The summed E-state index contributed by atoms with van der Waals surface area (Å²) in [6.07, 6.45) is -0.709. The van der Waals surface area contributed by atoms with E-state index in [1.807, 2.05) is 30.7 Å². The summed E-state index contributed by atoms with van der Waals surface area (Å²) in [4.78, 5) is 12.2. The van der Waals surface area contributed by atoms with Crippen LogP contribution in [0, 0.1) is 0 Å². The molecule has 0 radical (unpaired) electrons. The number of rotatable bonds is 8. The van der Waals surface area contributed by atoms with E-state index in [0.717, 1.165) is 5.56 Å². The van der Waals surface area contributed by atoms with Gasteiger partial charge in [0.25, 0.3) is 5.91 Å². The lowest BCUT2D eigenvalue weighted by Gasteiger charge is -2.13. The second-order valence-corrected chi connectivity index (χ2v) is 5.59. The molecule has 124 valence electrons. The average molecular weight is 335 g/mol. The van der Waals surface area contributed by atoms with Crippen LogP contribution >= 0.6 is 11.3 Å². The molecule has 0 saturated heterocycles. The molecular formula is C17H21NO4S. The molecule has 0 fully saturated rings. The standard InChI is InChI=1S/C17H21NO4S/c1-3-21-15-6-5-12(9-16(15)22-4-2)17(20)18-10-14(19)13-7-8-23-11-13/h5-9,11,14,19H,3-4,10H2,1-2H3,(H,18,20). The monoisotopic (exact) mass is 335 g/mol. The van der Waals surface area contributed by atoms with Crippen molar-refractivity contribution in [2.75, 3.05) is 19.8 Å². The number of hydrogen-bond acceptors (Lipinski definition) is 5. The third kappa shape index (κ3) is 4.71. The van der Waals surface area contributed by atoms with Crippen molar-refractivity contribution in [3.05, 3.63) is 46.2 Å². The summed E-state index contributed by atoms with van der Waals surface area (Å²) >= 11 is 1.51. The number of benzene rings is 1. The number of carbonyl (C=O) groups is 1. The highest BCUT2D eigenvalue weighted by atomic mass is 32.1. The maximum Gasteiger partial charge on any atom is 0.251 e. The van der Waals surface area contributed by atoms with Gasteiger partial charge in [0.05, 0.1) is 19.3 Å². The molecule has 1 unspecified atom stereocenters. The molecule has 0 spiro atoms. The van der Waals surface area contributed by atoms with E-state index in [1.54, 1.807) is 18.2 Å². The number of carbonyl (C=O) groups excluding carboxylic acids is 1. The van der Waals surface area contributed by atoms with Crippen molar-refractivity contribution >= 4 is 17.2 Å². The van der Waals surface area contributed by atoms with E-state index >= 15 is 0 Å². The van der Waals surface area contributed by atoms with E-state index in [4.69, 9.17) is 9.47 Å². The number of nitrogens with one attached hydrogen (secondary N) is 1. The minimum Gasteiger partial charge on any atom is -0.490 e. The van der Waals surface area contributed by atoms with Crippen LogP contribution in [0.15, 0.2) is 35.0 Å². The van der Waals surface area contributed by atoms with Gasteiger partial charge in [-0.2, -0.15) is 11.3 Å². The zero-order valence-electron chi connectivity index (χ0n) is 13.2. The molecule has 0 bridgehead atoms. The number of aliphatic hydroxyl groups excluding tert-OH is 1. The first-order chi connectivity index (χ1) is 11.2. The first kappa shape index (κ1) is 17.3. The van der Waals surface area contributed by atoms with Gasteiger partial charge in [0.1, 0.15) is 0 Å². The van der Waals surface area contributed by atoms with Crippen molar-refractivity contribution in [1.29, 1.82) is 0 Å². The smallest absolute Gasteiger partial charge is 0.251 e. The summed E-state index contributed by atoms with van der Waals surface area (Å²) in [5.74, 6) is 0.896. The lowest BCUT2D eigenvalue weighted by atomic mass is 10.1. The Bertz CT molecular complexity index is 628. The molecular weight excluding hydrogens is 314 g/mol. The topological polar surface area (TPSA) is 67.8 Å². The molecule has 5 nitrogen and oxygen atoms in total. The molecule has 23 heavy (non-hydrogen) atoms. The van der Waals surface area contributed by atoms with Gasteiger partial charge in [-0.1, -0.05) is 0 Å². The van der Waals surface area contributed by atoms with Crippen molar-refractivity contribution in [3.63, 3.8) is 0 Å². The van der Waals surface area contributed by atoms with Crippen LogP contribution in [0.3, 0.4) is 0 Å². The van der Waals surface area contributed by atoms with E-state index in [0.29, 0.717) is 30.3 Å². The van der Waals surface area contributed by atoms with E-state index in [1.165, 1.54) is 11.3 Å². The lowest BCUT2D eigenvalue weighted by molar-refractivity contribution is 0.0916. The number of amides is 1. The fourth-order valence-corrected chi connectivity index (χ4v) is 2.77. The van der Waals surface area contributed by atoms with Gasteiger partial charge < -0.3 is 19.9 Å². The maximum absolute atomic E-state index is 12.2. The largest absolute Gasteiger partial charge is 0.490 e. The van der Waals surface area contributed by atoms with E-state index in [9.17, 15) is 9.90 Å². The van der Waals surface area contributed by atoms with Crippen LogP contribution in [-0.2, 0) is 0 Å². The molecule has 0 aliphatic rings. The summed E-state index contributed by atoms with van der Waals surface area (Å²) in [5.41, 5.74) is 1.27. The van der Waals surface area contributed by atoms with Gasteiger partial charge in [0, 0.05) is 12.1 Å². The highest BCUT2D eigenvalue weighted by molar-refractivity contribution is 7.07. The Labute approximate surface area is 139 Å². The highest BCUT2D eigenvalue weighted by Crippen LogP contribution is 2.28. The third-order valence-electron chi connectivity index (χ3n) is 3.19. The average Bonchev–Trinajstić information content (AvgIpc) is 3.09. The highest BCUT2D eigenvalue weighted by Gasteiger charge is 2.14. The van der Waals surface area contributed by atoms with Crippen LogP contribution in [-0.4, -0.2) is 30.8 Å². The summed E-state index contributed by atoms with van der Waals surface area (Å²) in [6.45, 7) is 4.94. The predicted molar refractivity (Wildman–Crippen MR) is 90.4 cm³/mol. The first-order valence-corrected chi connectivity index (χ1v) is 8.48. The molecule has 1 atom stereocenters. The van der Waals surface area contributed by atoms with Crippen LogP contribution in [0.1, 0.15) is 35.9 Å². The second kappa shape index (κ2) is 8.55. The second-order valence-electron chi connectivity index (χ2n) is 4.81. The number of ether oxygens (including phenoxy) is 2. The molecule has 1 heterocycles. The van der Waals surface area contributed by atoms with Gasteiger partial charge in [0.2, 0.25) is 0 Å². The fourth-order valence-electron chi connectivity index (χ4n) is 2.07. The Balaban J connectivity index is 2.02. The van der Waals surface area contributed by atoms with Crippen molar-refractivity contribution in [2.24, 2.45) is 0 Å². The first-order valence-electron chi connectivity index (χ1n) is 7.53. The maximum atomic E-state index is 12.2. The van der Waals surface area contributed by atoms with Crippen LogP contribution < -0.4 is 14.8 Å². The van der Waals surface area contributed by atoms with E-state index in [-0.39, 0.29) is 12.5 Å². The summed E-state index contributed by atoms with van der Waals surface area (Å²) in [6, 6.07) is 6.89. The normalized spacial score (nSPS) is 11.8. The third-order valence-corrected chi connectivity index (χ3v) is 3.89. The molecule has 0 saturated carbocycles. The quantitative estimate of drug-likeness (QED) is 0.778. The van der Waals surface area contributed by atoms with E-state index in [2.05, 4.69) is 5.32 Å². The SMILES string of the molecule is CCOc1ccc(C(=O)NCC(O)c2ccsc2)cc1OCC. The minimum absolute atomic E-state index is 0.159. The van der Waals surface area contributed by atoms with Gasteiger partial charge in [-0.25, -0.2) is 0 Å². The Morgan fingerprint density at radius 3 is 2.61 bits per heavy atom. The Hall–Kier alpha value is -2.05. The van der Waals surface area contributed by atoms with Crippen molar-refractivity contribution < 1.29 is 19.4 Å². The lowest BCUT2D eigenvalue weighted by Crippen LogP contribution is -2.28. The fraction of sp³-hybridized carbons (Fsp3) is 0.353. The molecule has 0 aliphatic heterocycles. The molecule has 1 aromatic heterocycles. The zero-order valence-corrected chi connectivity index (χ0v) is 14.1. The Kier molecular flexibility index (Phi) is 6.43. The van der Waals surface area contributed by atoms with Crippen LogP contribution in [0.4, 0.5) is 0 Å². The molecule has 0 aliphatic carbocycles. The van der Waals surface area contributed by atoms with Crippen LogP contribution in [0.2, 0.25) is 0 Å². The molecule has 1 aromatic carbocycles. The summed E-state index contributed by atoms with van der Waals surface area (Å²) < 4.78 is 11.0. The summed E-state index contributed by atoms with van der Waals surface area (Å²) in [5, 5.41) is 16.5. The number of hydrogen-bond donors (Lipinski definition) is 2. The van der Waals surface area contributed by atoms with Gasteiger partial charge >= 0.3 is 0 Å². The molecule has 2 N–H and O–H groups in total.